The van der Waals surface area contributed by atoms with Crippen LogP contribution < -0.4 is 5.32 Å². The van der Waals surface area contributed by atoms with Crippen molar-refractivity contribution in [3.63, 3.8) is 0 Å². The number of carbonyl (C=O) groups excluding carboxylic acids is 1. The minimum absolute atomic E-state index is 0.171. The number of aliphatic hydroxyl groups is 1. The van der Waals surface area contributed by atoms with E-state index in [1.165, 1.54) is 0 Å². The molecule has 2 N–H and O–H groups in total. The van der Waals surface area contributed by atoms with Gasteiger partial charge in [0.2, 0.25) is 0 Å². The van der Waals surface area contributed by atoms with Crippen LogP contribution in [0.15, 0.2) is 67.3 Å². The molecule has 0 radical (unpaired) electrons. The van der Waals surface area contributed by atoms with Crippen LogP contribution in [0.4, 0.5) is 0 Å². The minimum atomic E-state index is -0.645. The van der Waals surface area contributed by atoms with E-state index in [9.17, 15) is 9.90 Å². The van der Waals surface area contributed by atoms with Gasteiger partial charge in [0.1, 0.15) is 17.8 Å². The first-order valence-electron chi connectivity index (χ1n) is 7.68. The summed E-state index contributed by atoms with van der Waals surface area (Å²) in [5.41, 5.74) is 1.33. The van der Waals surface area contributed by atoms with Gasteiger partial charge in [-0.25, -0.2) is 9.97 Å². The molecule has 3 rings (SSSR count). The molecule has 0 spiro atoms. The van der Waals surface area contributed by atoms with Crippen LogP contribution in [-0.4, -0.2) is 38.2 Å². The molecule has 2 heterocycles. The molecule has 1 unspecified atom stereocenters. The molecule has 0 saturated heterocycles. The third-order valence-electron chi connectivity index (χ3n) is 3.55. The monoisotopic (exact) mass is 322 g/mol. The second-order valence-corrected chi connectivity index (χ2v) is 5.40. The van der Waals surface area contributed by atoms with Crippen molar-refractivity contribution in [2.24, 2.45) is 0 Å². The van der Waals surface area contributed by atoms with Crippen molar-refractivity contribution in [3.05, 3.63) is 78.5 Å². The number of hydrogen-bond acceptors (Lipinski definition) is 4. The van der Waals surface area contributed by atoms with Crippen LogP contribution in [0.3, 0.4) is 0 Å². The number of carbonyl (C=O) groups is 1. The standard InChI is InChI=1S/C18H18N4O2/c23-15(11-14-5-2-1-3-6-14)12-20-18(24)16-7-4-8-17(21-16)22-10-9-19-13-22/h1-10,13,15,23H,11-12H2,(H,20,24). The highest BCUT2D eigenvalue weighted by molar-refractivity contribution is 5.92. The zero-order chi connectivity index (χ0) is 16.8. The third kappa shape index (κ3) is 4.05. The second-order valence-electron chi connectivity index (χ2n) is 5.40. The summed E-state index contributed by atoms with van der Waals surface area (Å²) in [4.78, 5) is 20.5. The number of hydrogen-bond donors (Lipinski definition) is 2. The first-order valence-corrected chi connectivity index (χ1v) is 7.68. The van der Waals surface area contributed by atoms with E-state index in [-0.39, 0.29) is 12.5 Å². The van der Waals surface area contributed by atoms with Gasteiger partial charge in [-0.3, -0.25) is 9.36 Å². The van der Waals surface area contributed by atoms with Crippen molar-refractivity contribution >= 4 is 5.91 Å². The van der Waals surface area contributed by atoms with Gasteiger partial charge in [-0.05, 0) is 17.7 Å². The molecule has 0 fully saturated rings. The summed E-state index contributed by atoms with van der Waals surface area (Å²) < 4.78 is 1.72. The normalized spacial score (nSPS) is 11.9. The SMILES string of the molecule is O=C(NCC(O)Cc1ccccc1)c1cccc(-n2ccnc2)n1. The van der Waals surface area contributed by atoms with E-state index >= 15 is 0 Å². The van der Waals surface area contributed by atoms with Gasteiger partial charge in [-0.2, -0.15) is 0 Å². The van der Waals surface area contributed by atoms with Crippen LogP contribution in [0.25, 0.3) is 5.82 Å². The molecular weight excluding hydrogens is 304 g/mol. The topological polar surface area (TPSA) is 80.0 Å². The number of nitrogens with one attached hydrogen (secondary N) is 1. The quantitative estimate of drug-likeness (QED) is 0.722. The second kappa shape index (κ2) is 7.52. The number of aromatic nitrogens is 3. The fourth-order valence-electron chi connectivity index (χ4n) is 2.35. The number of amides is 1. The molecule has 1 amide bonds. The highest BCUT2D eigenvalue weighted by atomic mass is 16.3. The number of benzene rings is 1. The zero-order valence-corrected chi connectivity index (χ0v) is 13.0. The summed E-state index contributed by atoms with van der Waals surface area (Å²) in [5, 5.41) is 12.8. The van der Waals surface area contributed by atoms with Crippen molar-refractivity contribution in [2.75, 3.05) is 6.54 Å². The Morgan fingerprint density at radius 2 is 2.00 bits per heavy atom. The number of imidazole rings is 1. The van der Waals surface area contributed by atoms with Crippen LogP contribution in [0.5, 0.6) is 0 Å². The van der Waals surface area contributed by atoms with E-state index < -0.39 is 6.10 Å². The smallest absolute Gasteiger partial charge is 0.270 e. The molecule has 0 saturated carbocycles. The minimum Gasteiger partial charge on any atom is -0.391 e. The maximum atomic E-state index is 12.2. The predicted octanol–water partition coefficient (Wildman–Crippen LogP) is 1.60. The van der Waals surface area contributed by atoms with Crippen molar-refractivity contribution in [1.82, 2.24) is 19.9 Å². The van der Waals surface area contributed by atoms with E-state index in [0.717, 1.165) is 5.56 Å². The largest absolute Gasteiger partial charge is 0.391 e. The molecule has 0 aliphatic rings. The molecule has 0 aliphatic heterocycles. The Kier molecular flexibility index (Phi) is 4.98. The first kappa shape index (κ1) is 15.9. The molecule has 122 valence electrons. The maximum absolute atomic E-state index is 12.2. The van der Waals surface area contributed by atoms with Crippen LogP contribution in [0, 0.1) is 0 Å². The number of pyridine rings is 1. The summed E-state index contributed by atoms with van der Waals surface area (Å²) in [7, 11) is 0. The van der Waals surface area contributed by atoms with Crippen LogP contribution in [-0.2, 0) is 6.42 Å². The van der Waals surface area contributed by atoms with E-state index in [4.69, 9.17) is 0 Å². The Morgan fingerprint density at radius 1 is 1.17 bits per heavy atom. The van der Waals surface area contributed by atoms with Crippen molar-refractivity contribution in [2.45, 2.75) is 12.5 Å². The summed E-state index contributed by atoms with van der Waals surface area (Å²) in [6.07, 6.45) is 4.87. The molecule has 1 atom stereocenters. The average Bonchev–Trinajstić information content (AvgIpc) is 3.15. The summed E-state index contributed by atoms with van der Waals surface area (Å²) in [6, 6.07) is 14.9. The van der Waals surface area contributed by atoms with Gasteiger partial charge in [0.15, 0.2) is 0 Å². The Hall–Kier alpha value is -2.99. The van der Waals surface area contributed by atoms with Gasteiger partial charge >= 0.3 is 0 Å². The number of aliphatic hydroxyl groups excluding tert-OH is 1. The summed E-state index contributed by atoms with van der Waals surface area (Å²) in [6.45, 7) is 0.171. The van der Waals surface area contributed by atoms with Crippen LogP contribution >= 0.6 is 0 Å². The Labute approximate surface area is 139 Å². The highest BCUT2D eigenvalue weighted by Crippen LogP contribution is 2.06. The lowest BCUT2D eigenvalue weighted by Gasteiger charge is -2.12. The Bertz CT molecular complexity index is 788. The lowest BCUT2D eigenvalue weighted by atomic mass is 10.1. The fourth-order valence-corrected chi connectivity index (χ4v) is 2.35. The Balaban J connectivity index is 1.58. The lowest BCUT2D eigenvalue weighted by Crippen LogP contribution is -2.33. The van der Waals surface area contributed by atoms with Crippen LogP contribution in [0.1, 0.15) is 16.1 Å². The predicted molar refractivity (Wildman–Crippen MR) is 89.8 cm³/mol. The molecule has 1 aromatic carbocycles. The maximum Gasteiger partial charge on any atom is 0.270 e. The van der Waals surface area contributed by atoms with Gasteiger partial charge in [0.25, 0.3) is 5.91 Å². The van der Waals surface area contributed by atoms with Gasteiger partial charge < -0.3 is 10.4 Å². The highest BCUT2D eigenvalue weighted by Gasteiger charge is 2.11. The van der Waals surface area contributed by atoms with Gasteiger partial charge in [-0.1, -0.05) is 36.4 Å². The zero-order valence-electron chi connectivity index (χ0n) is 13.0. The lowest BCUT2D eigenvalue weighted by molar-refractivity contribution is 0.0911. The van der Waals surface area contributed by atoms with E-state index in [2.05, 4.69) is 15.3 Å². The number of rotatable bonds is 6. The molecule has 3 aromatic rings. The first-order chi connectivity index (χ1) is 11.7. The van der Waals surface area contributed by atoms with Gasteiger partial charge in [-0.15, -0.1) is 0 Å². The molecular formula is C18H18N4O2. The molecule has 0 aliphatic carbocycles. The molecule has 0 bridgehead atoms. The van der Waals surface area contributed by atoms with Crippen molar-refractivity contribution in [1.29, 1.82) is 0 Å². The van der Waals surface area contributed by atoms with E-state index in [1.54, 1.807) is 41.5 Å². The van der Waals surface area contributed by atoms with Gasteiger partial charge in [0, 0.05) is 25.4 Å². The molecule has 6 heteroatoms. The molecule has 24 heavy (non-hydrogen) atoms. The molecule has 6 nitrogen and oxygen atoms in total. The fraction of sp³-hybridized carbons (Fsp3) is 0.167. The Morgan fingerprint density at radius 3 is 2.75 bits per heavy atom. The van der Waals surface area contributed by atoms with Crippen molar-refractivity contribution in [3.8, 4) is 5.82 Å². The summed E-state index contributed by atoms with van der Waals surface area (Å²) in [5.74, 6) is 0.300. The third-order valence-corrected chi connectivity index (χ3v) is 3.55. The summed E-state index contributed by atoms with van der Waals surface area (Å²) >= 11 is 0. The van der Waals surface area contributed by atoms with Gasteiger partial charge in [0.05, 0.1) is 6.10 Å². The number of nitrogens with zero attached hydrogens (tertiary/aromatic N) is 3. The van der Waals surface area contributed by atoms with E-state index in [0.29, 0.717) is 17.9 Å². The average molecular weight is 322 g/mol. The molecule has 2 aromatic heterocycles. The van der Waals surface area contributed by atoms with E-state index in [1.807, 2.05) is 30.3 Å². The van der Waals surface area contributed by atoms with Crippen molar-refractivity contribution < 1.29 is 9.90 Å². The van der Waals surface area contributed by atoms with Crippen LogP contribution in [0.2, 0.25) is 0 Å².